The minimum absolute atomic E-state index is 0.0587. The molecule has 7 nitrogen and oxygen atoms in total. The lowest BCUT2D eigenvalue weighted by molar-refractivity contribution is -0.117. The van der Waals surface area contributed by atoms with Crippen molar-refractivity contribution in [3.05, 3.63) is 10.6 Å². The second kappa shape index (κ2) is 9.89. The number of alkyl carbamates (subject to hydrolysis) is 1. The average Bonchev–Trinajstić information content (AvgIpc) is 3.37. The van der Waals surface area contributed by atoms with Crippen LogP contribution in [0, 0.1) is 11.8 Å². The number of anilines is 1. The fraction of sp³-hybridized carbons (Fsp3) is 0.762. The quantitative estimate of drug-likeness (QED) is 0.652. The van der Waals surface area contributed by atoms with Crippen molar-refractivity contribution in [1.82, 2.24) is 15.6 Å². The fourth-order valence-corrected chi connectivity index (χ4v) is 5.73. The molecule has 2 unspecified atom stereocenters. The lowest BCUT2D eigenvalue weighted by Gasteiger charge is -2.21. The Balaban J connectivity index is 1.29. The van der Waals surface area contributed by atoms with Gasteiger partial charge in [-0.05, 0) is 63.5 Å². The SMILES string of the molecule is O=C(CC1CCCCC1)Nc1nc2c(s1)CCCC2OC(=O)NCC1CCNC1. The van der Waals surface area contributed by atoms with Crippen molar-refractivity contribution < 1.29 is 14.3 Å². The molecule has 1 saturated carbocycles. The van der Waals surface area contributed by atoms with Gasteiger partial charge in [-0.2, -0.15) is 0 Å². The second-order valence-corrected chi connectivity index (χ2v) is 9.69. The van der Waals surface area contributed by atoms with Crippen LogP contribution in [0.3, 0.4) is 0 Å². The summed E-state index contributed by atoms with van der Waals surface area (Å²) in [5.74, 6) is 1.05. The van der Waals surface area contributed by atoms with E-state index in [4.69, 9.17) is 4.74 Å². The zero-order valence-corrected chi connectivity index (χ0v) is 17.8. The van der Waals surface area contributed by atoms with Crippen LogP contribution in [0.1, 0.15) is 74.5 Å². The maximum Gasteiger partial charge on any atom is 0.407 e. The Morgan fingerprint density at radius 3 is 2.76 bits per heavy atom. The summed E-state index contributed by atoms with van der Waals surface area (Å²) in [7, 11) is 0. The Morgan fingerprint density at radius 2 is 1.97 bits per heavy atom. The molecule has 4 rings (SSSR count). The van der Waals surface area contributed by atoms with Crippen molar-refractivity contribution in [1.29, 1.82) is 0 Å². The number of aryl methyl sites for hydroxylation is 1. The number of rotatable bonds is 6. The molecule has 3 aliphatic rings. The highest BCUT2D eigenvalue weighted by molar-refractivity contribution is 7.15. The number of nitrogens with one attached hydrogen (secondary N) is 3. The molecule has 2 amide bonds. The Kier molecular flexibility index (Phi) is 7.02. The predicted octanol–water partition coefficient (Wildman–Crippen LogP) is 3.77. The first-order chi connectivity index (χ1) is 14.2. The van der Waals surface area contributed by atoms with E-state index >= 15 is 0 Å². The maximum absolute atomic E-state index is 12.4. The zero-order valence-electron chi connectivity index (χ0n) is 17.0. The van der Waals surface area contributed by atoms with Crippen molar-refractivity contribution >= 4 is 28.5 Å². The molecule has 1 aromatic rings. The van der Waals surface area contributed by atoms with Crippen LogP contribution in [0.2, 0.25) is 0 Å². The first kappa shape index (κ1) is 20.6. The minimum Gasteiger partial charge on any atom is -0.440 e. The number of hydrogen-bond acceptors (Lipinski definition) is 6. The van der Waals surface area contributed by atoms with Crippen LogP contribution >= 0.6 is 11.3 Å². The molecule has 8 heteroatoms. The number of carbonyl (C=O) groups excluding carboxylic acids is 2. The summed E-state index contributed by atoms with van der Waals surface area (Å²) in [6.45, 7) is 2.61. The number of thiazole rings is 1. The van der Waals surface area contributed by atoms with E-state index in [2.05, 4.69) is 20.9 Å². The average molecular weight is 421 g/mol. The first-order valence-corrected chi connectivity index (χ1v) is 11.9. The lowest BCUT2D eigenvalue weighted by Crippen LogP contribution is -2.32. The van der Waals surface area contributed by atoms with E-state index in [-0.39, 0.29) is 18.1 Å². The fourth-order valence-electron chi connectivity index (χ4n) is 4.66. The van der Waals surface area contributed by atoms with Crippen molar-refractivity contribution in [3.8, 4) is 0 Å². The van der Waals surface area contributed by atoms with Gasteiger partial charge in [0.25, 0.3) is 0 Å². The van der Waals surface area contributed by atoms with Crippen LogP contribution in [0.25, 0.3) is 0 Å². The van der Waals surface area contributed by atoms with E-state index in [1.807, 2.05) is 0 Å². The third-order valence-corrected chi connectivity index (χ3v) is 7.34. The topological polar surface area (TPSA) is 92.3 Å². The van der Waals surface area contributed by atoms with Crippen LogP contribution in [0.15, 0.2) is 0 Å². The summed E-state index contributed by atoms with van der Waals surface area (Å²) >= 11 is 1.53. The van der Waals surface area contributed by atoms with E-state index in [0.717, 1.165) is 62.2 Å². The summed E-state index contributed by atoms with van der Waals surface area (Å²) in [6, 6.07) is 0. The van der Waals surface area contributed by atoms with Crippen molar-refractivity contribution in [2.45, 2.75) is 70.3 Å². The molecule has 29 heavy (non-hydrogen) atoms. The number of aromatic nitrogens is 1. The molecule has 1 saturated heterocycles. The highest BCUT2D eigenvalue weighted by Gasteiger charge is 2.29. The molecule has 0 radical (unpaired) electrons. The van der Waals surface area contributed by atoms with E-state index in [0.29, 0.717) is 29.9 Å². The van der Waals surface area contributed by atoms with Gasteiger partial charge in [0.05, 0.1) is 5.69 Å². The van der Waals surface area contributed by atoms with Crippen molar-refractivity contribution in [2.24, 2.45) is 11.8 Å². The van der Waals surface area contributed by atoms with Gasteiger partial charge in [0.1, 0.15) is 6.10 Å². The van der Waals surface area contributed by atoms with Gasteiger partial charge in [0.2, 0.25) is 5.91 Å². The monoisotopic (exact) mass is 420 g/mol. The Hall–Kier alpha value is -1.67. The van der Waals surface area contributed by atoms with Crippen LogP contribution in [0.4, 0.5) is 9.93 Å². The molecule has 3 N–H and O–H groups in total. The van der Waals surface area contributed by atoms with Gasteiger partial charge in [-0.15, -0.1) is 11.3 Å². The minimum atomic E-state index is -0.370. The molecule has 0 bridgehead atoms. The second-order valence-electron chi connectivity index (χ2n) is 8.61. The predicted molar refractivity (Wildman–Crippen MR) is 113 cm³/mol. The van der Waals surface area contributed by atoms with Crippen molar-refractivity contribution in [3.63, 3.8) is 0 Å². The molecular weight excluding hydrogens is 388 g/mol. The number of hydrogen-bond donors (Lipinski definition) is 3. The van der Waals surface area contributed by atoms with Gasteiger partial charge in [-0.1, -0.05) is 19.3 Å². The number of fused-ring (bicyclic) bond motifs is 1. The molecule has 2 aliphatic carbocycles. The Morgan fingerprint density at radius 1 is 1.10 bits per heavy atom. The summed E-state index contributed by atoms with van der Waals surface area (Å²) in [6.07, 6.45) is 9.75. The molecule has 1 aromatic heterocycles. The van der Waals surface area contributed by atoms with E-state index < -0.39 is 0 Å². The zero-order chi connectivity index (χ0) is 20.1. The number of ether oxygens (including phenoxy) is 1. The smallest absolute Gasteiger partial charge is 0.407 e. The molecular formula is C21H32N4O3S. The van der Waals surface area contributed by atoms with Gasteiger partial charge in [-0.3, -0.25) is 4.79 Å². The molecule has 0 aromatic carbocycles. The third-order valence-electron chi connectivity index (χ3n) is 6.29. The van der Waals surface area contributed by atoms with Crippen molar-refractivity contribution in [2.75, 3.05) is 25.0 Å². The molecule has 160 valence electrons. The third kappa shape index (κ3) is 5.69. The van der Waals surface area contributed by atoms with Crippen LogP contribution < -0.4 is 16.0 Å². The summed E-state index contributed by atoms with van der Waals surface area (Å²) < 4.78 is 5.68. The normalized spacial score (nSPS) is 24.7. The van der Waals surface area contributed by atoms with Crippen LogP contribution in [-0.4, -0.2) is 36.6 Å². The highest BCUT2D eigenvalue weighted by Crippen LogP contribution is 2.37. The molecule has 2 fully saturated rings. The Labute approximate surface area is 176 Å². The van der Waals surface area contributed by atoms with Crippen LogP contribution in [-0.2, 0) is 16.0 Å². The highest BCUT2D eigenvalue weighted by atomic mass is 32.1. The standard InChI is InChI=1S/C21H32N4O3S/c26-18(11-14-5-2-1-3-6-14)24-20-25-19-16(7-4-8-17(19)29-20)28-21(27)23-13-15-9-10-22-12-15/h14-16,22H,1-13H2,(H,23,27)(H,24,25,26). The molecule has 0 spiro atoms. The summed E-state index contributed by atoms with van der Waals surface area (Å²) in [4.78, 5) is 30.4. The first-order valence-electron chi connectivity index (χ1n) is 11.1. The molecule has 2 atom stereocenters. The molecule has 1 aliphatic heterocycles. The number of nitrogens with zero attached hydrogens (tertiary/aromatic N) is 1. The summed E-state index contributed by atoms with van der Waals surface area (Å²) in [5.41, 5.74) is 0.826. The van der Waals surface area contributed by atoms with E-state index in [1.54, 1.807) is 0 Å². The van der Waals surface area contributed by atoms with Gasteiger partial charge >= 0.3 is 6.09 Å². The van der Waals surface area contributed by atoms with E-state index in [9.17, 15) is 9.59 Å². The lowest BCUT2D eigenvalue weighted by atomic mass is 9.87. The van der Waals surface area contributed by atoms with Gasteiger partial charge in [-0.25, -0.2) is 9.78 Å². The van der Waals surface area contributed by atoms with Gasteiger partial charge < -0.3 is 20.7 Å². The van der Waals surface area contributed by atoms with E-state index in [1.165, 1.54) is 30.6 Å². The maximum atomic E-state index is 12.4. The van der Waals surface area contributed by atoms with Crippen LogP contribution in [0.5, 0.6) is 0 Å². The Bertz CT molecular complexity index is 711. The number of carbonyl (C=O) groups is 2. The van der Waals surface area contributed by atoms with Gasteiger partial charge in [0, 0.05) is 17.8 Å². The number of amides is 2. The largest absolute Gasteiger partial charge is 0.440 e. The summed E-state index contributed by atoms with van der Waals surface area (Å²) in [5, 5.41) is 9.82. The van der Waals surface area contributed by atoms with Gasteiger partial charge in [0.15, 0.2) is 5.13 Å². The molecule has 2 heterocycles.